The van der Waals surface area contributed by atoms with Crippen molar-refractivity contribution in [1.82, 2.24) is 4.98 Å². The lowest BCUT2D eigenvalue weighted by atomic mass is 9.99. The minimum absolute atomic E-state index is 0.0623. The smallest absolute Gasteiger partial charge is 0.221 e. The van der Waals surface area contributed by atoms with Gasteiger partial charge < -0.3 is 9.15 Å². The number of hydrogen-bond acceptors (Lipinski definition) is 6. The molecule has 0 unspecified atom stereocenters. The zero-order valence-electron chi connectivity index (χ0n) is 13.6. The highest BCUT2D eigenvalue weighted by molar-refractivity contribution is 6.00. The van der Waals surface area contributed by atoms with Gasteiger partial charge in [-0.1, -0.05) is 18.2 Å². The van der Waals surface area contributed by atoms with Crippen molar-refractivity contribution in [1.29, 1.82) is 10.5 Å². The summed E-state index contributed by atoms with van der Waals surface area (Å²) in [5.41, 5.74) is 0.784. The normalized spacial score (nSPS) is 11.2. The van der Waals surface area contributed by atoms with Crippen LogP contribution in [0.1, 0.15) is 33.5 Å². The van der Waals surface area contributed by atoms with Crippen LogP contribution in [-0.2, 0) is 6.61 Å². The van der Waals surface area contributed by atoms with E-state index in [0.717, 1.165) is 0 Å². The van der Waals surface area contributed by atoms with E-state index in [1.54, 1.807) is 48.5 Å². The quantitative estimate of drug-likeness (QED) is 0.634. The van der Waals surface area contributed by atoms with Gasteiger partial charge in [0.15, 0.2) is 11.7 Å². The number of pyridine rings is 1. The molecule has 0 aliphatic carbocycles. The number of aromatic nitrogens is 1. The lowest BCUT2D eigenvalue weighted by Crippen LogP contribution is -2.11. The lowest BCUT2D eigenvalue weighted by molar-refractivity contribution is 0.0946. The summed E-state index contributed by atoms with van der Waals surface area (Å²) in [4.78, 5) is 16.6. The van der Waals surface area contributed by atoms with Crippen LogP contribution in [0.15, 0.2) is 65.2 Å². The molecular weight excluding hydrogens is 330 g/mol. The van der Waals surface area contributed by atoms with Crippen LogP contribution in [0.5, 0.6) is 5.75 Å². The Balaban J connectivity index is 1.72. The molecule has 126 valence electrons. The zero-order valence-corrected chi connectivity index (χ0v) is 13.6. The molecule has 26 heavy (non-hydrogen) atoms. The molecule has 3 rings (SSSR count). The Morgan fingerprint density at radius 3 is 2.65 bits per heavy atom. The Morgan fingerprint density at radius 1 is 1.12 bits per heavy atom. The maximum atomic E-state index is 12.5. The molecule has 0 spiro atoms. The fourth-order valence-corrected chi connectivity index (χ4v) is 2.37. The van der Waals surface area contributed by atoms with E-state index in [9.17, 15) is 10.1 Å². The molecule has 6 nitrogen and oxygen atoms in total. The van der Waals surface area contributed by atoms with Gasteiger partial charge in [-0.15, -0.1) is 0 Å². The van der Waals surface area contributed by atoms with Gasteiger partial charge in [0.1, 0.15) is 24.2 Å². The molecule has 0 N–H and O–H groups in total. The molecule has 1 atom stereocenters. The predicted molar refractivity (Wildman–Crippen MR) is 91.1 cm³/mol. The number of nitrogens with zero attached hydrogens (tertiary/aromatic N) is 3. The molecule has 0 fully saturated rings. The molecule has 3 aromatic rings. The van der Waals surface area contributed by atoms with E-state index >= 15 is 0 Å². The molecule has 0 aliphatic rings. The fraction of sp³-hybridized carbons (Fsp3) is 0.100. The van der Waals surface area contributed by atoms with Gasteiger partial charge in [0, 0.05) is 6.20 Å². The highest BCUT2D eigenvalue weighted by atomic mass is 16.5. The van der Waals surface area contributed by atoms with Crippen molar-refractivity contribution in [3.8, 4) is 17.9 Å². The number of carbonyl (C=O) groups excluding carboxylic acids is 1. The standard InChI is InChI=1S/C20H13N3O3/c21-11-14-5-1-2-7-18(14)25-13-15-8-9-19(26-15)20(24)16(12-22)17-6-3-4-10-23-17/h1-10,16H,13H2/t16-/m1/s1. The molecule has 0 radical (unpaired) electrons. The van der Waals surface area contributed by atoms with Crippen molar-refractivity contribution < 1.29 is 13.9 Å². The first-order valence-corrected chi connectivity index (χ1v) is 7.78. The van der Waals surface area contributed by atoms with Crippen molar-refractivity contribution >= 4 is 5.78 Å². The monoisotopic (exact) mass is 343 g/mol. The minimum atomic E-state index is -1.03. The van der Waals surface area contributed by atoms with Crippen molar-refractivity contribution in [2.24, 2.45) is 0 Å². The van der Waals surface area contributed by atoms with Crippen LogP contribution in [0.25, 0.3) is 0 Å². The number of nitriles is 2. The average Bonchev–Trinajstić information content (AvgIpc) is 3.17. The van der Waals surface area contributed by atoms with Gasteiger partial charge in [-0.2, -0.15) is 10.5 Å². The molecule has 0 aliphatic heterocycles. The van der Waals surface area contributed by atoms with Gasteiger partial charge in [-0.25, -0.2) is 0 Å². The Morgan fingerprint density at radius 2 is 1.92 bits per heavy atom. The van der Waals surface area contributed by atoms with Gasteiger partial charge in [0.25, 0.3) is 0 Å². The first kappa shape index (κ1) is 16.9. The highest BCUT2D eigenvalue weighted by Crippen LogP contribution is 2.22. The van der Waals surface area contributed by atoms with Gasteiger partial charge in [0.05, 0.1) is 17.3 Å². The summed E-state index contributed by atoms with van der Waals surface area (Å²) in [5, 5.41) is 18.4. The summed E-state index contributed by atoms with van der Waals surface area (Å²) in [6.07, 6.45) is 1.53. The summed E-state index contributed by atoms with van der Waals surface area (Å²) in [7, 11) is 0. The first-order chi connectivity index (χ1) is 12.7. The van der Waals surface area contributed by atoms with Crippen LogP contribution in [0, 0.1) is 22.7 Å². The highest BCUT2D eigenvalue weighted by Gasteiger charge is 2.25. The lowest BCUT2D eigenvalue weighted by Gasteiger charge is -2.06. The second-order valence-electron chi connectivity index (χ2n) is 5.34. The summed E-state index contributed by atoms with van der Waals surface area (Å²) in [6.45, 7) is 0.0623. The van der Waals surface area contributed by atoms with E-state index in [0.29, 0.717) is 22.8 Å². The fourth-order valence-electron chi connectivity index (χ4n) is 2.37. The number of hydrogen-bond donors (Lipinski definition) is 0. The van der Waals surface area contributed by atoms with Gasteiger partial charge >= 0.3 is 0 Å². The molecule has 2 heterocycles. The Kier molecular flexibility index (Phi) is 5.07. The number of rotatable bonds is 6. The second kappa shape index (κ2) is 7.78. The van der Waals surface area contributed by atoms with Crippen LogP contribution < -0.4 is 4.74 Å². The number of ketones is 1. The van der Waals surface area contributed by atoms with Gasteiger partial charge in [-0.05, 0) is 36.4 Å². The SMILES string of the molecule is N#Cc1ccccc1OCc1ccc(C(=O)[C@H](C#N)c2ccccn2)o1. The van der Waals surface area contributed by atoms with E-state index in [-0.39, 0.29) is 12.4 Å². The summed E-state index contributed by atoms with van der Waals surface area (Å²) in [5.74, 6) is -0.582. The van der Waals surface area contributed by atoms with Crippen molar-refractivity contribution in [3.63, 3.8) is 0 Å². The molecule has 0 saturated heterocycles. The summed E-state index contributed by atoms with van der Waals surface area (Å²) in [6, 6.07) is 19.0. The number of para-hydroxylation sites is 1. The Labute approximate surface area is 149 Å². The van der Waals surface area contributed by atoms with E-state index < -0.39 is 11.7 Å². The molecule has 0 amide bonds. The van der Waals surface area contributed by atoms with Crippen LogP contribution in [0.2, 0.25) is 0 Å². The third-order valence-electron chi connectivity index (χ3n) is 3.66. The van der Waals surface area contributed by atoms with E-state index in [4.69, 9.17) is 14.4 Å². The third-order valence-corrected chi connectivity index (χ3v) is 3.66. The first-order valence-electron chi connectivity index (χ1n) is 7.78. The predicted octanol–water partition coefficient (Wildman–Crippen LogP) is 3.62. The number of Topliss-reactive ketones (excluding diaryl/α,β-unsaturated/α-hetero) is 1. The molecular formula is C20H13N3O3. The van der Waals surface area contributed by atoms with Crippen LogP contribution in [-0.4, -0.2) is 10.8 Å². The molecule has 1 aromatic carbocycles. The number of benzene rings is 1. The molecule has 0 saturated carbocycles. The average molecular weight is 343 g/mol. The maximum Gasteiger partial charge on any atom is 0.221 e. The topological polar surface area (TPSA) is 99.9 Å². The van der Waals surface area contributed by atoms with Crippen molar-refractivity contribution in [2.45, 2.75) is 12.5 Å². The summed E-state index contributed by atoms with van der Waals surface area (Å²) >= 11 is 0. The number of ether oxygens (including phenoxy) is 1. The van der Waals surface area contributed by atoms with Crippen molar-refractivity contribution in [3.05, 3.63) is 83.6 Å². The molecule has 0 bridgehead atoms. The maximum absolute atomic E-state index is 12.5. The Bertz CT molecular complexity index is 997. The van der Waals surface area contributed by atoms with E-state index in [1.807, 2.05) is 12.1 Å². The zero-order chi connectivity index (χ0) is 18.4. The third kappa shape index (κ3) is 3.61. The minimum Gasteiger partial charge on any atom is -0.484 e. The van der Waals surface area contributed by atoms with E-state index in [2.05, 4.69) is 4.98 Å². The van der Waals surface area contributed by atoms with Crippen LogP contribution in [0.4, 0.5) is 0 Å². The van der Waals surface area contributed by atoms with Crippen LogP contribution in [0.3, 0.4) is 0 Å². The molecule has 6 heteroatoms. The van der Waals surface area contributed by atoms with Crippen LogP contribution >= 0.6 is 0 Å². The Hall–Kier alpha value is -3.90. The number of furan rings is 1. The number of carbonyl (C=O) groups is 1. The van der Waals surface area contributed by atoms with Gasteiger partial charge in [-0.3, -0.25) is 9.78 Å². The molecule has 2 aromatic heterocycles. The van der Waals surface area contributed by atoms with E-state index in [1.165, 1.54) is 12.3 Å². The van der Waals surface area contributed by atoms with Gasteiger partial charge in [0.2, 0.25) is 5.78 Å². The summed E-state index contributed by atoms with van der Waals surface area (Å²) < 4.78 is 11.1. The van der Waals surface area contributed by atoms with Crippen molar-refractivity contribution in [2.75, 3.05) is 0 Å². The second-order valence-corrected chi connectivity index (χ2v) is 5.34. The largest absolute Gasteiger partial charge is 0.484 e.